The third-order valence-corrected chi connectivity index (χ3v) is 7.83. The van der Waals surface area contributed by atoms with Crippen molar-refractivity contribution in [1.82, 2.24) is 0 Å². The highest BCUT2D eigenvalue weighted by Crippen LogP contribution is 2.46. The Labute approximate surface area is 232 Å². The van der Waals surface area contributed by atoms with Crippen molar-refractivity contribution in [2.24, 2.45) is 0 Å². The van der Waals surface area contributed by atoms with Gasteiger partial charge in [0.2, 0.25) is 0 Å². The van der Waals surface area contributed by atoms with Gasteiger partial charge in [-0.1, -0.05) is 115 Å². The first-order valence-electron chi connectivity index (χ1n) is 13.6. The number of rotatable bonds is 4. The zero-order chi connectivity index (χ0) is 26.5. The average molecular weight is 512 g/mol. The minimum absolute atomic E-state index is 0.904. The van der Waals surface area contributed by atoms with Gasteiger partial charge in [0.25, 0.3) is 0 Å². The van der Waals surface area contributed by atoms with Gasteiger partial charge in [-0.3, -0.25) is 0 Å². The molecule has 8 rings (SSSR count). The first-order valence-corrected chi connectivity index (χ1v) is 13.6. The smallest absolute Gasteiger partial charge is 0.145 e. The van der Waals surface area contributed by atoms with Crippen molar-refractivity contribution in [1.29, 1.82) is 0 Å². The van der Waals surface area contributed by atoms with Crippen LogP contribution in [0.5, 0.6) is 0 Å². The van der Waals surface area contributed by atoms with Crippen molar-refractivity contribution in [3.8, 4) is 11.1 Å². The number of para-hydroxylation sites is 2. The second-order valence-electron chi connectivity index (χ2n) is 10.2. The fraction of sp³-hybridized carbons (Fsp3) is 0. The molecule has 40 heavy (non-hydrogen) atoms. The summed E-state index contributed by atoms with van der Waals surface area (Å²) < 4.78 is 6.59. The lowest BCUT2D eigenvalue weighted by molar-refractivity contribution is 0.672. The molecule has 8 aromatic rings. The molecule has 0 radical (unpaired) electrons. The fourth-order valence-corrected chi connectivity index (χ4v) is 5.97. The van der Waals surface area contributed by atoms with E-state index >= 15 is 0 Å². The monoisotopic (exact) mass is 511 g/mol. The second kappa shape index (κ2) is 9.14. The molecule has 0 saturated heterocycles. The summed E-state index contributed by atoms with van der Waals surface area (Å²) >= 11 is 0. The van der Waals surface area contributed by atoms with Gasteiger partial charge in [-0.05, 0) is 58.1 Å². The predicted molar refractivity (Wildman–Crippen MR) is 169 cm³/mol. The third-order valence-electron chi connectivity index (χ3n) is 7.83. The van der Waals surface area contributed by atoms with Crippen molar-refractivity contribution in [3.63, 3.8) is 0 Å². The van der Waals surface area contributed by atoms with Crippen LogP contribution < -0.4 is 4.90 Å². The van der Waals surface area contributed by atoms with Gasteiger partial charge >= 0.3 is 0 Å². The van der Waals surface area contributed by atoms with Crippen LogP contribution in [0.2, 0.25) is 0 Å². The molecule has 188 valence electrons. The first kappa shape index (κ1) is 22.6. The molecule has 0 aliphatic carbocycles. The molecule has 0 amide bonds. The summed E-state index contributed by atoms with van der Waals surface area (Å²) in [6.07, 6.45) is 0. The molecule has 7 aromatic carbocycles. The number of furan rings is 1. The van der Waals surface area contributed by atoms with Gasteiger partial charge in [0.05, 0.1) is 11.4 Å². The summed E-state index contributed by atoms with van der Waals surface area (Å²) in [5.41, 5.74) is 7.47. The largest absolute Gasteiger partial charge is 0.455 e. The molecule has 1 aromatic heterocycles. The molecule has 2 nitrogen and oxygen atoms in total. The molecule has 2 heteroatoms. The Morgan fingerprint density at radius 1 is 0.450 bits per heavy atom. The van der Waals surface area contributed by atoms with Gasteiger partial charge in [-0.2, -0.15) is 0 Å². The standard InChI is InChI=1S/C38H25NO/c1-2-12-27(13-3-1)31-16-6-8-18-34(31)39(30-23-21-26-11-4-5-14-29(26)25-30)35-19-10-15-28-22-24-33-32-17-7-9-20-36(32)40-38(33)37(28)35/h1-25H. The molecule has 0 N–H and O–H groups in total. The SMILES string of the molecule is c1ccc(-c2ccccc2N(c2ccc3ccccc3c2)c2cccc3ccc4c5ccccc5oc4c23)cc1. The van der Waals surface area contributed by atoms with Gasteiger partial charge in [0.15, 0.2) is 0 Å². The Balaban J connectivity index is 1.48. The molecule has 0 bridgehead atoms. The molecule has 0 unspecified atom stereocenters. The van der Waals surface area contributed by atoms with Crippen molar-refractivity contribution in [2.75, 3.05) is 4.90 Å². The lowest BCUT2D eigenvalue weighted by atomic mass is 9.99. The zero-order valence-electron chi connectivity index (χ0n) is 21.8. The predicted octanol–water partition coefficient (Wildman–Crippen LogP) is 11.0. The minimum atomic E-state index is 0.904. The Hall–Kier alpha value is -5.34. The molecular formula is C38H25NO. The number of fused-ring (bicyclic) bond motifs is 6. The van der Waals surface area contributed by atoms with Gasteiger partial charge in [0.1, 0.15) is 11.2 Å². The normalized spacial score (nSPS) is 11.5. The van der Waals surface area contributed by atoms with Crippen LogP contribution in [0.1, 0.15) is 0 Å². The molecule has 0 fully saturated rings. The lowest BCUT2D eigenvalue weighted by Crippen LogP contribution is -2.11. The van der Waals surface area contributed by atoms with Crippen LogP contribution in [0.4, 0.5) is 17.1 Å². The highest BCUT2D eigenvalue weighted by molar-refractivity contribution is 6.19. The lowest BCUT2D eigenvalue weighted by Gasteiger charge is -2.29. The van der Waals surface area contributed by atoms with E-state index in [1.807, 2.05) is 6.07 Å². The molecule has 0 spiro atoms. The molecule has 0 saturated carbocycles. The van der Waals surface area contributed by atoms with E-state index in [0.29, 0.717) is 0 Å². The van der Waals surface area contributed by atoms with Gasteiger partial charge < -0.3 is 9.32 Å². The summed E-state index contributed by atoms with van der Waals surface area (Å²) in [5, 5.41) is 6.94. The first-order chi connectivity index (χ1) is 19.8. The van der Waals surface area contributed by atoms with Crippen molar-refractivity contribution in [2.45, 2.75) is 0 Å². The molecule has 0 aliphatic rings. The van der Waals surface area contributed by atoms with Crippen LogP contribution in [0.25, 0.3) is 54.6 Å². The Morgan fingerprint density at radius 2 is 1.15 bits per heavy atom. The molecular weight excluding hydrogens is 486 g/mol. The van der Waals surface area contributed by atoms with Gasteiger partial charge in [-0.15, -0.1) is 0 Å². The Kier molecular flexibility index (Phi) is 5.17. The van der Waals surface area contributed by atoms with E-state index in [1.54, 1.807) is 0 Å². The van der Waals surface area contributed by atoms with E-state index < -0.39 is 0 Å². The average Bonchev–Trinajstić information content (AvgIpc) is 3.41. The quantitative estimate of drug-likeness (QED) is 0.234. The maximum absolute atomic E-state index is 6.59. The highest BCUT2D eigenvalue weighted by atomic mass is 16.3. The Bertz CT molecular complexity index is 2170. The van der Waals surface area contributed by atoms with E-state index in [0.717, 1.165) is 49.8 Å². The molecule has 1 heterocycles. The number of nitrogens with zero attached hydrogens (tertiary/aromatic N) is 1. The summed E-state index contributed by atoms with van der Waals surface area (Å²) in [6.45, 7) is 0. The summed E-state index contributed by atoms with van der Waals surface area (Å²) in [5.74, 6) is 0. The Morgan fingerprint density at radius 3 is 2.08 bits per heavy atom. The number of hydrogen-bond donors (Lipinski definition) is 0. The number of hydrogen-bond acceptors (Lipinski definition) is 2. The van der Waals surface area contributed by atoms with Gasteiger partial charge in [-0.25, -0.2) is 0 Å². The molecule has 0 atom stereocenters. The van der Waals surface area contributed by atoms with Crippen LogP contribution >= 0.6 is 0 Å². The van der Waals surface area contributed by atoms with Crippen LogP contribution in [0.15, 0.2) is 156 Å². The summed E-state index contributed by atoms with van der Waals surface area (Å²) in [6, 6.07) is 53.8. The minimum Gasteiger partial charge on any atom is -0.455 e. The summed E-state index contributed by atoms with van der Waals surface area (Å²) in [4.78, 5) is 2.39. The van der Waals surface area contributed by atoms with E-state index in [9.17, 15) is 0 Å². The van der Waals surface area contributed by atoms with Crippen LogP contribution in [-0.2, 0) is 0 Å². The third kappa shape index (κ3) is 3.58. The zero-order valence-corrected chi connectivity index (χ0v) is 21.8. The second-order valence-corrected chi connectivity index (χ2v) is 10.2. The number of benzene rings is 7. The van der Waals surface area contributed by atoms with Crippen molar-refractivity contribution in [3.05, 3.63) is 152 Å². The number of anilines is 3. The van der Waals surface area contributed by atoms with E-state index in [1.165, 1.54) is 21.9 Å². The van der Waals surface area contributed by atoms with Crippen LogP contribution in [-0.4, -0.2) is 0 Å². The van der Waals surface area contributed by atoms with Crippen LogP contribution in [0.3, 0.4) is 0 Å². The van der Waals surface area contributed by atoms with E-state index in [2.05, 4.69) is 150 Å². The van der Waals surface area contributed by atoms with E-state index in [-0.39, 0.29) is 0 Å². The van der Waals surface area contributed by atoms with Crippen LogP contribution in [0, 0.1) is 0 Å². The molecule has 0 aliphatic heterocycles. The maximum atomic E-state index is 6.59. The summed E-state index contributed by atoms with van der Waals surface area (Å²) in [7, 11) is 0. The van der Waals surface area contributed by atoms with Crippen molar-refractivity contribution >= 4 is 60.5 Å². The van der Waals surface area contributed by atoms with Gasteiger partial charge in [0, 0.05) is 27.4 Å². The highest BCUT2D eigenvalue weighted by Gasteiger charge is 2.22. The van der Waals surface area contributed by atoms with E-state index in [4.69, 9.17) is 4.42 Å². The van der Waals surface area contributed by atoms with Crippen molar-refractivity contribution < 1.29 is 4.42 Å². The maximum Gasteiger partial charge on any atom is 0.145 e. The fourth-order valence-electron chi connectivity index (χ4n) is 5.97. The topological polar surface area (TPSA) is 16.4 Å².